The second-order valence-electron chi connectivity index (χ2n) is 13.0. The molecule has 0 N–H and O–H groups in total. The monoisotopic (exact) mass is 652 g/mol. The van der Waals surface area contributed by atoms with Crippen molar-refractivity contribution in [3.05, 3.63) is 241 Å². The number of benzene rings is 8. The molecule has 8 aromatic carbocycles. The lowest BCUT2D eigenvalue weighted by Gasteiger charge is -2.46. The Labute approximate surface area is 300 Å². The number of para-hydroxylation sites is 4. The van der Waals surface area contributed by atoms with E-state index < -0.39 is 5.41 Å². The molecule has 0 aliphatic carbocycles. The Balaban J connectivity index is 1.25. The first-order chi connectivity index (χ1) is 25.3. The van der Waals surface area contributed by atoms with E-state index in [1.54, 1.807) is 0 Å². The van der Waals surface area contributed by atoms with Gasteiger partial charge in [-0.05, 0) is 94.0 Å². The van der Waals surface area contributed by atoms with Gasteiger partial charge in [-0.1, -0.05) is 158 Å². The van der Waals surface area contributed by atoms with Crippen molar-refractivity contribution in [2.45, 2.75) is 5.41 Å². The van der Waals surface area contributed by atoms with E-state index in [2.05, 4.69) is 228 Å². The molecule has 0 saturated heterocycles. The van der Waals surface area contributed by atoms with E-state index in [0.717, 1.165) is 22.7 Å². The normalized spacial score (nSPS) is 12.8. The second-order valence-corrected chi connectivity index (χ2v) is 13.0. The zero-order valence-corrected chi connectivity index (χ0v) is 28.2. The molecule has 2 heteroatoms. The minimum Gasteiger partial charge on any atom is -0.311 e. The van der Waals surface area contributed by atoms with Crippen molar-refractivity contribution in [2.24, 2.45) is 0 Å². The summed E-state index contributed by atoms with van der Waals surface area (Å²) in [4.78, 5) is 4.75. The van der Waals surface area contributed by atoms with Crippen molar-refractivity contribution in [1.29, 1.82) is 0 Å². The molecule has 0 spiro atoms. The van der Waals surface area contributed by atoms with Gasteiger partial charge in [0.1, 0.15) is 0 Å². The second kappa shape index (κ2) is 13.0. The van der Waals surface area contributed by atoms with Crippen LogP contribution in [0, 0.1) is 0 Å². The van der Waals surface area contributed by atoms with Gasteiger partial charge in [-0.2, -0.15) is 0 Å². The number of hydrogen-bond acceptors (Lipinski definition) is 2. The minimum absolute atomic E-state index is 0.520. The highest BCUT2D eigenvalue weighted by molar-refractivity contribution is 5.91. The van der Waals surface area contributed by atoms with Crippen molar-refractivity contribution in [3.8, 4) is 11.1 Å². The lowest BCUT2D eigenvalue weighted by molar-refractivity contribution is 0.731. The maximum absolute atomic E-state index is 2.44. The van der Waals surface area contributed by atoms with Crippen LogP contribution in [0.4, 0.5) is 34.1 Å². The number of fused-ring (bicyclic) bond motifs is 2. The van der Waals surface area contributed by atoms with Crippen molar-refractivity contribution in [3.63, 3.8) is 0 Å². The first-order valence-electron chi connectivity index (χ1n) is 17.5. The number of rotatable bonds is 7. The number of nitrogens with zero attached hydrogens (tertiary/aromatic N) is 2. The van der Waals surface area contributed by atoms with E-state index in [9.17, 15) is 0 Å². The van der Waals surface area contributed by atoms with Gasteiger partial charge in [-0.3, -0.25) is 0 Å². The van der Waals surface area contributed by atoms with Crippen molar-refractivity contribution >= 4 is 34.1 Å². The van der Waals surface area contributed by atoms with Crippen LogP contribution in [0.2, 0.25) is 0 Å². The summed E-state index contributed by atoms with van der Waals surface area (Å²) in [5.41, 5.74) is 13.7. The van der Waals surface area contributed by atoms with Crippen LogP contribution in [-0.4, -0.2) is 0 Å². The molecule has 8 aromatic rings. The number of hydrogen-bond donors (Lipinski definition) is 0. The quantitative estimate of drug-likeness (QED) is 0.169. The van der Waals surface area contributed by atoms with Gasteiger partial charge < -0.3 is 9.80 Å². The summed E-state index contributed by atoms with van der Waals surface area (Å²) < 4.78 is 0. The molecule has 1 heterocycles. The predicted molar refractivity (Wildman–Crippen MR) is 213 cm³/mol. The predicted octanol–water partition coefficient (Wildman–Crippen LogP) is 13.0. The van der Waals surface area contributed by atoms with Gasteiger partial charge in [-0.15, -0.1) is 0 Å². The summed E-state index contributed by atoms with van der Waals surface area (Å²) in [6.45, 7) is 0. The van der Waals surface area contributed by atoms with Crippen LogP contribution < -0.4 is 9.80 Å². The Morgan fingerprint density at radius 2 is 0.765 bits per heavy atom. The molecular weight excluding hydrogens is 617 g/mol. The molecule has 0 unspecified atom stereocenters. The van der Waals surface area contributed by atoms with Crippen LogP contribution in [0.1, 0.15) is 22.3 Å². The summed E-state index contributed by atoms with van der Waals surface area (Å²) in [6, 6.07) is 78.8. The van der Waals surface area contributed by atoms with Gasteiger partial charge in [0.05, 0.1) is 16.8 Å². The van der Waals surface area contributed by atoms with E-state index in [4.69, 9.17) is 0 Å². The first kappa shape index (κ1) is 30.4. The van der Waals surface area contributed by atoms with Crippen LogP contribution in [0.5, 0.6) is 0 Å². The molecular formula is C49H36N2. The van der Waals surface area contributed by atoms with Crippen molar-refractivity contribution in [2.75, 3.05) is 9.80 Å². The minimum atomic E-state index is -0.520. The molecule has 242 valence electrons. The highest BCUT2D eigenvalue weighted by Gasteiger charge is 2.46. The molecule has 1 aliphatic rings. The molecule has 0 aromatic heterocycles. The summed E-state index contributed by atoms with van der Waals surface area (Å²) in [6.07, 6.45) is 0. The zero-order valence-electron chi connectivity index (χ0n) is 28.2. The molecule has 0 bridgehead atoms. The first-order valence-corrected chi connectivity index (χ1v) is 17.5. The van der Waals surface area contributed by atoms with Crippen LogP contribution >= 0.6 is 0 Å². The van der Waals surface area contributed by atoms with E-state index in [0.29, 0.717) is 0 Å². The highest BCUT2D eigenvalue weighted by Crippen LogP contribution is 2.58. The van der Waals surface area contributed by atoms with Gasteiger partial charge in [0.2, 0.25) is 0 Å². The summed E-state index contributed by atoms with van der Waals surface area (Å²) >= 11 is 0. The summed E-state index contributed by atoms with van der Waals surface area (Å²) in [5.74, 6) is 0. The fourth-order valence-corrected chi connectivity index (χ4v) is 7.90. The maximum Gasteiger partial charge on any atom is 0.0742 e. The smallest absolute Gasteiger partial charge is 0.0742 e. The Morgan fingerprint density at radius 3 is 1.33 bits per heavy atom. The Hall–Kier alpha value is -6.64. The average molecular weight is 653 g/mol. The van der Waals surface area contributed by atoms with Crippen molar-refractivity contribution in [1.82, 2.24) is 0 Å². The highest BCUT2D eigenvalue weighted by atomic mass is 15.2. The van der Waals surface area contributed by atoms with Crippen LogP contribution in [0.3, 0.4) is 0 Å². The van der Waals surface area contributed by atoms with E-state index in [1.165, 1.54) is 44.8 Å². The fourth-order valence-electron chi connectivity index (χ4n) is 7.90. The largest absolute Gasteiger partial charge is 0.311 e. The number of anilines is 6. The van der Waals surface area contributed by atoms with Gasteiger partial charge in [0.25, 0.3) is 0 Å². The van der Waals surface area contributed by atoms with Crippen LogP contribution in [0.15, 0.2) is 218 Å². The van der Waals surface area contributed by atoms with E-state index >= 15 is 0 Å². The third kappa shape index (κ3) is 5.21. The molecule has 0 atom stereocenters. The Kier molecular flexibility index (Phi) is 7.75. The summed E-state index contributed by atoms with van der Waals surface area (Å²) in [5, 5.41) is 0. The molecule has 0 saturated carbocycles. The molecule has 9 rings (SSSR count). The van der Waals surface area contributed by atoms with Gasteiger partial charge in [0.15, 0.2) is 0 Å². The molecule has 0 radical (unpaired) electrons. The fraction of sp³-hybridized carbons (Fsp3) is 0.0204. The average Bonchev–Trinajstić information content (AvgIpc) is 3.22. The molecule has 51 heavy (non-hydrogen) atoms. The van der Waals surface area contributed by atoms with E-state index in [-0.39, 0.29) is 0 Å². The Morgan fingerprint density at radius 1 is 0.333 bits per heavy atom. The Bertz CT molecular complexity index is 2310. The van der Waals surface area contributed by atoms with Gasteiger partial charge >= 0.3 is 0 Å². The lowest BCUT2D eigenvalue weighted by atomic mass is 9.62. The zero-order chi connectivity index (χ0) is 34.0. The van der Waals surface area contributed by atoms with Gasteiger partial charge in [0, 0.05) is 22.7 Å². The summed E-state index contributed by atoms with van der Waals surface area (Å²) in [7, 11) is 0. The van der Waals surface area contributed by atoms with Crippen molar-refractivity contribution < 1.29 is 0 Å². The van der Waals surface area contributed by atoms with Crippen LogP contribution in [0.25, 0.3) is 11.1 Å². The topological polar surface area (TPSA) is 6.48 Å². The lowest BCUT2D eigenvalue weighted by Crippen LogP contribution is -2.37. The van der Waals surface area contributed by atoms with Gasteiger partial charge in [-0.25, -0.2) is 0 Å². The van der Waals surface area contributed by atoms with Crippen LogP contribution in [-0.2, 0) is 5.41 Å². The SMILES string of the molecule is c1ccc(N(c2ccccc2)c2ccc(-c3ccc4c(c3)N(c3ccccc3)c3ccccc3C4(c3ccccc3)c3ccccc3)cc2)cc1. The van der Waals surface area contributed by atoms with E-state index in [1.807, 2.05) is 0 Å². The molecule has 0 amide bonds. The standard InChI is InChI=1S/C49H36N2/c1-6-18-39(19-7-1)49(40-20-8-2-9-21-40)45-28-16-17-29-47(45)51(43-26-14-5-15-27-43)48-36-38(32-35-46(48)49)37-30-33-44(34-31-37)50(41-22-10-3-11-23-41)42-24-12-4-13-25-42/h1-36H. The third-order valence-electron chi connectivity index (χ3n) is 10.1. The molecule has 0 fully saturated rings. The maximum atomic E-state index is 2.44. The third-order valence-corrected chi connectivity index (χ3v) is 10.1. The molecule has 1 aliphatic heterocycles. The molecule has 2 nitrogen and oxygen atoms in total.